The molecule has 0 saturated carbocycles. The summed E-state index contributed by atoms with van der Waals surface area (Å²) in [5, 5.41) is 4.07. The van der Waals surface area contributed by atoms with Crippen molar-refractivity contribution in [1.29, 1.82) is 0 Å². The largest absolute Gasteiger partial charge is 0.363 e. The van der Waals surface area contributed by atoms with Gasteiger partial charge >= 0.3 is 0 Å². The SMILES string of the molecule is CN(C)c1cc(C#CCn2cccn2)ncn1. The summed E-state index contributed by atoms with van der Waals surface area (Å²) in [7, 11) is 3.87. The maximum Gasteiger partial charge on any atom is 0.132 e. The lowest BCUT2D eigenvalue weighted by Gasteiger charge is -2.09. The summed E-state index contributed by atoms with van der Waals surface area (Å²) in [6.45, 7) is 0.564. The molecule has 0 fully saturated rings. The highest BCUT2D eigenvalue weighted by molar-refractivity contribution is 5.41. The Morgan fingerprint density at radius 3 is 2.94 bits per heavy atom. The third-order valence-corrected chi connectivity index (χ3v) is 2.13. The van der Waals surface area contributed by atoms with Crippen LogP contribution in [0.3, 0.4) is 0 Å². The third kappa shape index (κ3) is 3.05. The highest BCUT2D eigenvalue weighted by atomic mass is 15.3. The number of aromatic nitrogens is 4. The van der Waals surface area contributed by atoms with Gasteiger partial charge in [-0.05, 0) is 12.0 Å². The molecule has 5 heteroatoms. The quantitative estimate of drug-likeness (QED) is 0.712. The molecule has 86 valence electrons. The van der Waals surface area contributed by atoms with Crippen LogP contribution in [0, 0.1) is 11.8 Å². The van der Waals surface area contributed by atoms with E-state index in [4.69, 9.17) is 0 Å². The highest BCUT2D eigenvalue weighted by Crippen LogP contribution is 2.05. The first-order chi connectivity index (χ1) is 8.25. The third-order valence-electron chi connectivity index (χ3n) is 2.13. The zero-order valence-corrected chi connectivity index (χ0v) is 9.83. The van der Waals surface area contributed by atoms with E-state index < -0.39 is 0 Å². The van der Waals surface area contributed by atoms with Crippen molar-refractivity contribution >= 4 is 5.82 Å². The number of anilines is 1. The molecule has 0 aliphatic heterocycles. The predicted molar refractivity (Wildman–Crippen MR) is 65.5 cm³/mol. The summed E-state index contributed by atoms with van der Waals surface area (Å²) < 4.78 is 1.76. The second-order valence-corrected chi connectivity index (χ2v) is 3.66. The van der Waals surface area contributed by atoms with E-state index in [2.05, 4.69) is 26.9 Å². The number of hydrogen-bond acceptors (Lipinski definition) is 4. The average molecular weight is 227 g/mol. The number of nitrogens with zero attached hydrogens (tertiary/aromatic N) is 5. The van der Waals surface area contributed by atoms with Gasteiger partial charge in [-0.25, -0.2) is 9.97 Å². The second-order valence-electron chi connectivity index (χ2n) is 3.66. The van der Waals surface area contributed by atoms with Crippen LogP contribution in [0.2, 0.25) is 0 Å². The molecule has 0 aliphatic rings. The molecular weight excluding hydrogens is 214 g/mol. The molecule has 0 N–H and O–H groups in total. The first kappa shape index (κ1) is 11.1. The summed E-state index contributed by atoms with van der Waals surface area (Å²) in [5.74, 6) is 6.85. The van der Waals surface area contributed by atoms with Gasteiger partial charge in [0.05, 0.1) is 0 Å². The molecule has 0 aromatic carbocycles. The van der Waals surface area contributed by atoms with Gasteiger partial charge in [-0.3, -0.25) is 4.68 Å². The normalized spacial score (nSPS) is 9.53. The molecule has 0 amide bonds. The molecule has 0 atom stereocenters. The van der Waals surface area contributed by atoms with Crippen molar-refractivity contribution in [1.82, 2.24) is 19.7 Å². The minimum absolute atomic E-state index is 0.564. The van der Waals surface area contributed by atoms with Gasteiger partial charge in [0.15, 0.2) is 0 Å². The summed E-state index contributed by atoms with van der Waals surface area (Å²) in [6, 6.07) is 3.73. The van der Waals surface area contributed by atoms with Gasteiger partial charge in [0.25, 0.3) is 0 Å². The van der Waals surface area contributed by atoms with E-state index >= 15 is 0 Å². The monoisotopic (exact) mass is 227 g/mol. The van der Waals surface area contributed by atoms with Crippen LogP contribution in [-0.4, -0.2) is 33.8 Å². The lowest BCUT2D eigenvalue weighted by molar-refractivity contribution is 0.715. The van der Waals surface area contributed by atoms with E-state index in [-0.39, 0.29) is 0 Å². The van der Waals surface area contributed by atoms with Crippen molar-refractivity contribution in [2.24, 2.45) is 0 Å². The summed E-state index contributed by atoms with van der Waals surface area (Å²) >= 11 is 0. The zero-order chi connectivity index (χ0) is 12.1. The van der Waals surface area contributed by atoms with Crippen LogP contribution in [0.25, 0.3) is 0 Å². The molecule has 2 rings (SSSR count). The van der Waals surface area contributed by atoms with Gasteiger partial charge < -0.3 is 4.90 Å². The van der Waals surface area contributed by atoms with Crippen LogP contribution in [0.15, 0.2) is 30.9 Å². The minimum atomic E-state index is 0.564. The van der Waals surface area contributed by atoms with Crippen LogP contribution < -0.4 is 4.90 Å². The van der Waals surface area contributed by atoms with E-state index in [1.165, 1.54) is 6.33 Å². The Kier molecular flexibility index (Phi) is 3.36. The highest BCUT2D eigenvalue weighted by Gasteiger charge is 1.97. The smallest absolute Gasteiger partial charge is 0.132 e. The molecule has 5 nitrogen and oxygen atoms in total. The van der Waals surface area contributed by atoms with Crippen LogP contribution in [0.1, 0.15) is 5.69 Å². The Morgan fingerprint density at radius 2 is 2.24 bits per heavy atom. The number of hydrogen-bond donors (Lipinski definition) is 0. The molecule has 2 aromatic heterocycles. The van der Waals surface area contributed by atoms with Gasteiger partial charge in [-0.2, -0.15) is 5.10 Å². The maximum absolute atomic E-state index is 4.13. The Hall–Kier alpha value is -2.35. The van der Waals surface area contributed by atoms with E-state index in [0.717, 1.165) is 11.5 Å². The van der Waals surface area contributed by atoms with E-state index in [1.54, 1.807) is 10.9 Å². The second kappa shape index (κ2) is 5.12. The number of rotatable bonds is 2. The molecule has 0 unspecified atom stereocenters. The summed E-state index contributed by atoms with van der Waals surface area (Å²) in [6.07, 6.45) is 5.13. The average Bonchev–Trinajstić information content (AvgIpc) is 2.82. The Bertz CT molecular complexity index is 534. The topological polar surface area (TPSA) is 46.8 Å². The van der Waals surface area contributed by atoms with Crippen LogP contribution in [-0.2, 0) is 6.54 Å². The van der Waals surface area contributed by atoms with Crippen molar-refractivity contribution in [2.45, 2.75) is 6.54 Å². The van der Waals surface area contributed by atoms with Gasteiger partial charge in [0.1, 0.15) is 24.4 Å². The molecule has 0 aliphatic carbocycles. The Morgan fingerprint density at radius 1 is 1.35 bits per heavy atom. The van der Waals surface area contributed by atoms with Crippen molar-refractivity contribution in [3.63, 3.8) is 0 Å². The molecule has 0 spiro atoms. The molecule has 0 radical (unpaired) electrons. The van der Waals surface area contributed by atoms with Gasteiger partial charge in [0.2, 0.25) is 0 Å². The van der Waals surface area contributed by atoms with E-state index in [1.807, 2.05) is 37.3 Å². The van der Waals surface area contributed by atoms with Crippen molar-refractivity contribution in [3.05, 3.63) is 36.5 Å². The fourth-order valence-corrected chi connectivity index (χ4v) is 1.27. The molecule has 17 heavy (non-hydrogen) atoms. The van der Waals surface area contributed by atoms with Gasteiger partial charge in [0, 0.05) is 32.6 Å². The molecular formula is C12H13N5. The first-order valence-electron chi connectivity index (χ1n) is 5.21. The van der Waals surface area contributed by atoms with Crippen molar-refractivity contribution in [2.75, 3.05) is 19.0 Å². The van der Waals surface area contributed by atoms with Crippen molar-refractivity contribution in [3.8, 4) is 11.8 Å². The molecule has 2 heterocycles. The van der Waals surface area contributed by atoms with Gasteiger partial charge in [-0.15, -0.1) is 0 Å². The minimum Gasteiger partial charge on any atom is -0.363 e. The Labute approximate surface area is 100 Å². The van der Waals surface area contributed by atoms with Gasteiger partial charge in [-0.1, -0.05) is 5.92 Å². The summed E-state index contributed by atoms with van der Waals surface area (Å²) in [5.41, 5.74) is 0.718. The maximum atomic E-state index is 4.13. The lowest BCUT2D eigenvalue weighted by atomic mass is 10.3. The fraction of sp³-hybridized carbons (Fsp3) is 0.250. The predicted octanol–water partition coefficient (Wildman–Crippen LogP) is 0.791. The first-order valence-corrected chi connectivity index (χ1v) is 5.21. The van der Waals surface area contributed by atoms with Crippen LogP contribution in [0.4, 0.5) is 5.82 Å². The molecule has 0 bridgehead atoms. The van der Waals surface area contributed by atoms with Crippen LogP contribution in [0.5, 0.6) is 0 Å². The summed E-state index contributed by atoms with van der Waals surface area (Å²) in [4.78, 5) is 10.1. The molecule has 0 saturated heterocycles. The lowest BCUT2D eigenvalue weighted by Crippen LogP contribution is -2.10. The van der Waals surface area contributed by atoms with E-state index in [0.29, 0.717) is 6.54 Å². The fourth-order valence-electron chi connectivity index (χ4n) is 1.27. The molecule has 2 aromatic rings. The standard InChI is InChI=1S/C12H13N5/c1-16(2)12-9-11(13-10-14-12)5-3-7-17-8-4-6-15-17/h4,6,8-10H,7H2,1-2H3. The van der Waals surface area contributed by atoms with E-state index in [9.17, 15) is 0 Å². The zero-order valence-electron chi connectivity index (χ0n) is 9.83. The van der Waals surface area contributed by atoms with Crippen molar-refractivity contribution < 1.29 is 0 Å². The van der Waals surface area contributed by atoms with Crippen LogP contribution >= 0.6 is 0 Å². The Balaban J connectivity index is 2.08.